The SMILES string of the molecule is C[C@]12C=C(Br)C(=O)C=C1[C@H](F)C[C@H]1[C@@H]3CC[C@](O)(C(=O)C(O)CCC(=O)O)[C@@]3(C)C[C@H](O)[C@@]12F. The minimum absolute atomic E-state index is 0.0319. The average Bonchev–Trinajstić information content (AvgIpc) is 3.01. The van der Waals surface area contributed by atoms with Crippen LogP contribution < -0.4 is 0 Å². The van der Waals surface area contributed by atoms with Gasteiger partial charge < -0.3 is 20.4 Å². The molecule has 0 bridgehead atoms. The lowest BCUT2D eigenvalue weighted by atomic mass is 9.44. The van der Waals surface area contributed by atoms with E-state index < -0.39 is 76.3 Å². The topological polar surface area (TPSA) is 132 Å². The summed E-state index contributed by atoms with van der Waals surface area (Å²) in [7, 11) is 0. The Morgan fingerprint density at radius 3 is 2.56 bits per heavy atom. The van der Waals surface area contributed by atoms with Crippen LogP contribution in [0.1, 0.15) is 52.4 Å². The molecule has 0 heterocycles. The van der Waals surface area contributed by atoms with Crippen molar-refractivity contribution in [1.82, 2.24) is 0 Å². The smallest absolute Gasteiger partial charge is 0.303 e. The van der Waals surface area contributed by atoms with E-state index in [-0.39, 0.29) is 42.2 Å². The number of carboxylic acid groups (broad SMARTS) is 1. The highest BCUT2D eigenvalue weighted by atomic mass is 79.9. The van der Waals surface area contributed by atoms with Crippen molar-refractivity contribution in [3.05, 3.63) is 22.2 Å². The van der Waals surface area contributed by atoms with Gasteiger partial charge in [-0.2, -0.15) is 0 Å². The van der Waals surface area contributed by atoms with E-state index in [1.807, 2.05) is 0 Å². The second-order valence-corrected chi connectivity index (χ2v) is 11.5. The van der Waals surface area contributed by atoms with Gasteiger partial charge in [0, 0.05) is 23.2 Å². The van der Waals surface area contributed by atoms with Crippen molar-refractivity contribution in [3.8, 4) is 0 Å². The number of carboxylic acids is 1. The second-order valence-electron chi connectivity index (χ2n) is 10.7. The van der Waals surface area contributed by atoms with Crippen LogP contribution in [0.5, 0.6) is 0 Å². The van der Waals surface area contributed by atoms with Crippen LogP contribution >= 0.6 is 15.9 Å². The van der Waals surface area contributed by atoms with Crippen LogP contribution in [-0.4, -0.2) is 67.6 Å². The van der Waals surface area contributed by atoms with Crippen LogP contribution in [0, 0.1) is 22.7 Å². The van der Waals surface area contributed by atoms with Crippen molar-refractivity contribution in [2.45, 2.75) is 82.0 Å². The van der Waals surface area contributed by atoms with Gasteiger partial charge in [-0.05, 0) is 72.5 Å². The molecule has 3 fully saturated rings. The number of aliphatic hydroxyl groups is 3. The molecule has 0 saturated heterocycles. The fourth-order valence-corrected chi connectivity index (χ4v) is 7.91. The largest absolute Gasteiger partial charge is 0.481 e. The second kappa shape index (κ2) is 8.01. The first kappa shape index (κ1) is 25.6. The minimum Gasteiger partial charge on any atom is -0.481 e. The van der Waals surface area contributed by atoms with Crippen LogP contribution in [0.3, 0.4) is 0 Å². The number of halogens is 3. The highest BCUT2D eigenvalue weighted by Crippen LogP contribution is 2.70. The molecule has 4 aliphatic rings. The summed E-state index contributed by atoms with van der Waals surface area (Å²) in [6.45, 7) is 3.01. The highest BCUT2D eigenvalue weighted by molar-refractivity contribution is 9.12. The number of aliphatic hydroxyl groups excluding tert-OH is 2. The van der Waals surface area contributed by atoms with Crippen molar-refractivity contribution in [3.63, 3.8) is 0 Å². The summed E-state index contributed by atoms with van der Waals surface area (Å²) in [4.78, 5) is 36.1. The van der Waals surface area contributed by atoms with E-state index in [2.05, 4.69) is 15.9 Å². The first-order chi connectivity index (χ1) is 15.6. The number of hydrogen-bond donors (Lipinski definition) is 4. The van der Waals surface area contributed by atoms with E-state index >= 15 is 8.78 Å². The van der Waals surface area contributed by atoms with E-state index in [9.17, 15) is 29.7 Å². The van der Waals surface area contributed by atoms with E-state index in [0.29, 0.717) is 0 Å². The number of rotatable bonds is 5. The number of Topliss-reactive ketones (excluding diaryl/α,β-unsaturated/α-hetero) is 1. The number of fused-ring (bicyclic) bond motifs is 5. The quantitative estimate of drug-likeness (QED) is 0.416. The monoisotopic (exact) mass is 546 g/mol. The molecule has 0 amide bonds. The van der Waals surface area contributed by atoms with Gasteiger partial charge >= 0.3 is 5.97 Å². The number of carbonyl (C=O) groups is 3. The Balaban J connectivity index is 1.74. The van der Waals surface area contributed by atoms with Gasteiger partial charge in [0.15, 0.2) is 17.2 Å². The molecule has 0 radical (unpaired) electrons. The van der Waals surface area contributed by atoms with Crippen molar-refractivity contribution in [2.75, 3.05) is 0 Å². The zero-order chi connectivity index (χ0) is 25.4. The van der Waals surface area contributed by atoms with Crippen molar-refractivity contribution in [1.29, 1.82) is 0 Å². The van der Waals surface area contributed by atoms with Gasteiger partial charge in [-0.1, -0.05) is 13.0 Å². The summed E-state index contributed by atoms with van der Waals surface area (Å²) < 4.78 is 32.6. The van der Waals surface area contributed by atoms with Crippen molar-refractivity contribution in [2.24, 2.45) is 22.7 Å². The maximum Gasteiger partial charge on any atom is 0.303 e. The van der Waals surface area contributed by atoms with Crippen LogP contribution in [0.25, 0.3) is 0 Å². The van der Waals surface area contributed by atoms with Crippen LogP contribution in [-0.2, 0) is 14.4 Å². The van der Waals surface area contributed by atoms with Gasteiger partial charge in [-0.25, -0.2) is 8.78 Å². The Morgan fingerprint density at radius 1 is 1.29 bits per heavy atom. The standard InChI is InChI=1S/C24H29BrF2O7/c1-21-10-18(30)24(27)12(7-15(26)13-8-17(29)14(25)9-22(13,24)2)11(21)5-6-23(21,34)20(33)16(28)3-4-19(31)32/h8-9,11-12,15-16,18,28,30,34H,3-7,10H2,1-2H3,(H,31,32)/t11-,12-,15+,16?,18-,21-,22-,23-,24-/m0/s1. The normalized spacial score (nSPS) is 46.5. The number of allylic oxidation sites excluding steroid dienone is 4. The van der Waals surface area contributed by atoms with E-state index in [0.717, 1.165) is 6.08 Å². The van der Waals surface area contributed by atoms with Crippen LogP contribution in [0.15, 0.2) is 22.2 Å². The summed E-state index contributed by atoms with van der Waals surface area (Å²) in [5, 5.41) is 41.9. The molecule has 7 nitrogen and oxygen atoms in total. The van der Waals surface area contributed by atoms with Gasteiger partial charge in [-0.3, -0.25) is 14.4 Å². The van der Waals surface area contributed by atoms with Gasteiger partial charge in [0.2, 0.25) is 0 Å². The Kier molecular flexibility index (Phi) is 6.03. The summed E-state index contributed by atoms with van der Waals surface area (Å²) in [6, 6.07) is 0. The Morgan fingerprint density at radius 2 is 1.94 bits per heavy atom. The number of alkyl halides is 2. The minimum atomic E-state index is -2.36. The molecule has 4 aliphatic carbocycles. The van der Waals surface area contributed by atoms with E-state index in [1.165, 1.54) is 13.0 Å². The van der Waals surface area contributed by atoms with Gasteiger partial charge in [0.1, 0.15) is 17.9 Å². The van der Waals surface area contributed by atoms with Gasteiger partial charge in [0.05, 0.1) is 10.6 Å². The molecule has 10 heteroatoms. The fourth-order valence-electron chi connectivity index (χ4n) is 7.33. The molecule has 0 spiro atoms. The lowest BCUT2D eigenvalue weighted by molar-refractivity contribution is -0.223. The van der Waals surface area contributed by atoms with Crippen LogP contribution in [0.4, 0.5) is 8.78 Å². The average molecular weight is 547 g/mol. The van der Waals surface area contributed by atoms with Gasteiger partial charge in [0.25, 0.3) is 0 Å². The molecule has 0 aromatic rings. The summed E-state index contributed by atoms with van der Waals surface area (Å²) >= 11 is 3.12. The lowest BCUT2D eigenvalue weighted by Crippen LogP contribution is -2.70. The third kappa shape index (κ3) is 3.17. The molecular weight excluding hydrogens is 518 g/mol. The predicted octanol–water partition coefficient (Wildman–Crippen LogP) is 2.55. The molecule has 188 valence electrons. The van der Waals surface area contributed by atoms with Crippen molar-refractivity contribution >= 4 is 33.5 Å². The molecule has 0 aromatic heterocycles. The first-order valence-electron chi connectivity index (χ1n) is 11.5. The zero-order valence-corrected chi connectivity index (χ0v) is 20.5. The highest BCUT2D eigenvalue weighted by Gasteiger charge is 2.75. The maximum atomic E-state index is 17.1. The number of ketones is 2. The maximum absolute atomic E-state index is 17.1. The van der Waals surface area contributed by atoms with E-state index in [1.54, 1.807) is 6.92 Å². The third-order valence-electron chi connectivity index (χ3n) is 9.18. The Bertz CT molecular complexity index is 1010. The number of carbonyl (C=O) groups excluding carboxylic acids is 2. The predicted molar refractivity (Wildman–Crippen MR) is 119 cm³/mol. The molecule has 0 aliphatic heterocycles. The number of aliphatic carboxylic acids is 1. The molecular formula is C24H29BrF2O7. The summed E-state index contributed by atoms with van der Waals surface area (Å²) in [6.07, 6.45) is -4.14. The molecule has 3 saturated carbocycles. The molecule has 4 N–H and O–H groups in total. The first-order valence-corrected chi connectivity index (χ1v) is 12.2. The fraction of sp³-hybridized carbons (Fsp3) is 0.708. The Hall–Kier alpha value is -1.49. The summed E-state index contributed by atoms with van der Waals surface area (Å²) in [5.74, 6) is -4.40. The summed E-state index contributed by atoms with van der Waals surface area (Å²) in [5.41, 5.74) is -7.50. The molecule has 1 unspecified atom stereocenters. The number of hydrogen-bond acceptors (Lipinski definition) is 6. The van der Waals surface area contributed by atoms with E-state index in [4.69, 9.17) is 5.11 Å². The van der Waals surface area contributed by atoms with Gasteiger partial charge in [-0.15, -0.1) is 0 Å². The molecule has 0 aromatic carbocycles. The molecule has 4 rings (SSSR count). The Labute approximate surface area is 204 Å². The lowest BCUT2D eigenvalue weighted by Gasteiger charge is -2.63. The zero-order valence-electron chi connectivity index (χ0n) is 18.9. The molecule has 9 atom stereocenters. The van der Waals surface area contributed by atoms with Crippen LogP contribution in [0.2, 0.25) is 0 Å². The third-order valence-corrected chi connectivity index (χ3v) is 9.80. The van der Waals surface area contributed by atoms with Crippen molar-refractivity contribution < 1.29 is 43.6 Å². The molecule has 34 heavy (non-hydrogen) atoms.